The van der Waals surface area contributed by atoms with Crippen molar-refractivity contribution in [1.29, 1.82) is 0 Å². The van der Waals surface area contributed by atoms with Crippen LogP contribution in [0.2, 0.25) is 0 Å². The molecule has 1 saturated heterocycles. The lowest BCUT2D eigenvalue weighted by Gasteiger charge is -2.42. The largest absolute Gasteiger partial charge is 0.317 e. The van der Waals surface area contributed by atoms with Crippen LogP contribution in [0.25, 0.3) is 0 Å². The maximum atomic E-state index is 3.46. The second-order valence-electron chi connectivity index (χ2n) is 5.28. The van der Waals surface area contributed by atoms with Gasteiger partial charge in [-0.3, -0.25) is 4.90 Å². The van der Waals surface area contributed by atoms with Crippen LogP contribution >= 0.6 is 0 Å². The van der Waals surface area contributed by atoms with E-state index in [9.17, 15) is 0 Å². The lowest BCUT2D eigenvalue weighted by atomic mass is 9.89. The molecule has 1 saturated carbocycles. The maximum absolute atomic E-state index is 3.46. The molecule has 2 atom stereocenters. The van der Waals surface area contributed by atoms with Gasteiger partial charge < -0.3 is 10.2 Å². The first-order valence-electron chi connectivity index (χ1n) is 6.97. The molecule has 0 radical (unpaired) electrons. The van der Waals surface area contributed by atoms with Gasteiger partial charge in [0.2, 0.25) is 0 Å². The Bertz CT molecular complexity index is 199. The van der Waals surface area contributed by atoms with Gasteiger partial charge in [-0.2, -0.15) is 0 Å². The predicted octanol–water partition coefficient (Wildman–Crippen LogP) is 1.15. The number of rotatable bonds is 3. The average Bonchev–Trinajstić information content (AvgIpc) is 2.39. The molecule has 1 aliphatic carbocycles. The summed E-state index contributed by atoms with van der Waals surface area (Å²) in [7, 11) is 2.11. The minimum absolute atomic E-state index is 0.767. The van der Waals surface area contributed by atoms with Crippen LogP contribution in [0.1, 0.15) is 32.6 Å². The summed E-state index contributed by atoms with van der Waals surface area (Å²) in [6, 6.07) is 1.62. The molecule has 1 heterocycles. The van der Waals surface area contributed by atoms with E-state index in [4.69, 9.17) is 0 Å². The maximum Gasteiger partial charge on any atom is 0.0113 e. The molecule has 0 spiro atoms. The van der Waals surface area contributed by atoms with Crippen molar-refractivity contribution < 1.29 is 0 Å². The van der Waals surface area contributed by atoms with Crippen LogP contribution in [-0.2, 0) is 0 Å². The Morgan fingerprint density at radius 2 is 1.88 bits per heavy atom. The molecule has 16 heavy (non-hydrogen) atoms. The fourth-order valence-corrected chi connectivity index (χ4v) is 3.20. The van der Waals surface area contributed by atoms with Crippen LogP contribution in [0, 0.1) is 0 Å². The highest BCUT2D eigenvalue weighted by molar-refractivity contribution is 4.85. The van der Waals surface area contributed by atoms with Gasteiger partial charge in [0.25, 0.3) is 0 Å². The number of hydrogen-bond donors (Lipinski definition) is 1. The molecule has 0 amide bonds. The minimum Gasteiger partial charge on any atom is -0.317 e. The van der Waals surface area contributed by atoms with Gasteiger partial charge in [-0.1, -0.05) is 13.3 Å². The topological polar surface area (TPSA) is 18.5 Å². The summed E-state index contributed by atoms with van der Waals surface area (Å²) in [4.78, 5) is 5.30. The van der Waals surface area contributed by atoms with Gasteiger partial charge in [0.1, 0.15) is 0 Å². The van der Waals surface area contributed by atoms with Crippen LogP contribution in [-0.4, -0.2) is 61.7 Å². The lowest BCUT2D eigenvalue weighted by molar-refractivity contribution is 0.0750. The van der Waals surface area contributed by atoms with Crippen molar-refractivity contribution in [2.24, 2.45) is 0 Å². The second-order valence-corrected chi connectivity index (χ2v) is 5.28. The highest BCUT2D eigenvalue weighted by Crippen LogP contribution is 2.23. The van der Waals surface area contributed by atoms with Gasteiger partial charge in [-0.25, -0.2) is 0 Å². The average molecular weight is 225 g/mol. The van der Waals surface area contributed by atoms with E-state index >= 15 is 0 Å². The number of nitrogens with zero attached hydrogens (tertiary/aromatic N) is 2. The Morgan fingerprint density at radius 3 is 2.50 bits per heavy atom. The molecule has 0 unspecified atom stereocenters. The molecular weight excluding hydrogens is 198 g/mol. The van der Waals surface area contributed by atoms with Crippen LogP contribution in [0.15, 0.2) is 0 Å². The third kappa shape index (κ3) is 2.96. The molecule has 0 aromatic carbocycles. The van der Waals surface area contributed by atoms with Crippen LogP contribution in [0.3, 0.4) is 0 Å². The van der Waals surface area contributed by atoms with E-state index in [0.29, 0.717) is 0 Å². The Hall–Kier alpha value is -0.120. The first kappa shape index (κ1) is 12.3. The Balaban J connectivity index is 1.79. The zero-order valence-corrected chi connectivity index (χ0v) is 10.9. The summed E-state index contributed by atoms with van der Waals surface area (Å²) in [6.07, 6.45) is 5.57. The molecule has 2 fully saturated rings. The molecule has 3 nitrogen and oxygen atoms in total. The fourth-order valence-electron chi connectivity index (χ4n) is 3.20. The monoisotopic (exact) mass is 225 g/mol. The summed E-state index contributed by atoms with van der Waals surface area (Å²) in [5.41, 5.74) is 0. The van der Waals surface area contributed by atoms with Gasteiger partial charge >= 0.3 is 0 Å². The normalized spacial score (nSPS) is 34.1. The Kier molecular flexibility index (Phi) is 4.62. The van der Waals surface area contributed by atoms with E-state index in [2.05, 4.69) is 29.1 Å². The summed E-state index contributed by atoms with van der Waals surface area (Å²) in [5.74, 6) is 0. The standard InChI is InChI=1S/C13H27N3/c1-3-15-7-9-16(10-8-15)13-6-4-5-12(11-13)14-2/h12-14H,3-11H2,1-2H3/t12-,13+/m1/s1. The number of nitrogens with one attached hydrogen (secondary N) is 1. The van der Waals surface area contributed by atoms with Crippen molar-refractivity contribution >= 4 is 0 Å². The van der Waals surface area contributed by atoms with Crippen molar-refractivity contribution in [2.75, 3.05) is 39.8 Å². The Labute approximate surface area is 100 Å². The molecule has 3 heteroatoms. The van der Waals surface area contributed by atoms with E-state index in [1.54, 1.807) is 0 Å². The van der Waals surface area contributed by atoms with Gasteiger partial charge in [0.05, 0.1) is 0 Å². The smallest absolute Gasteiger partial charge is 0.0113 e. The zero-order valence-electron chi connectivity index (χ0n) is 10.9. The van der Waals surface area contributed by atoms with E-state index < -0.39 is 0 Å². The number of piperazine rings is 1. The SMILES string of the molecule is CCN1CCN([C@H]2CCC[C@@H](NC)C2)CC1. The first-order valence-corrected chi connectivity index (χ1v) is 6.97. The molecule has 1 N–H and O–H groups in total. The van der Waals surface area contributed by atoms with Crippen molar-refractivity contribution in [3.63, 3.8) is 0 Å². The highest BCUT2D eigenvalue weighted by Gasteiger charge is 2.27. The van der Waals surface area contributed by atoms with Crippen LogP contribution < -0.4 is 5.32 Å². The first-order chi connectivity index (χ1) is 7.83. The predicted molar refractivity (Wildman–Crippen MR) is 68.8 cm³/mol. The summed E-state index contributed by atoms with van der Waals surface area (Å²) in [6.45, 7) is 8.61. The molecule has 1 aliphatic heterocycles. The molecule has 0 aromatic heterocycles. The minimum atomic E-state index is 0.767. The molecule has 2 rings (SSSR count). The van der Waals surface area contributed by atoms with E-state index in [1.807, 2.05) is 0 Å². The summed E-state index contributed by atoms with van der Waals surface area (Å²) in [5, 5.41) is 3.46. The quantitative estimate of drug-likeness (QED) is 0.777. The zero-order chi connectivity index (χ0) is 11.4. The van der Waals surface area contributed by atoms with E-state index in [1.165, 1.54) is 58.4 Å². The highest BCUT2D eigenvalue weighted by atomic mass is 15.3. The molecule has 2 aliphatic rings. The van der Waals surface area contributed by atoms with Gasteiger partial charge in [-0.15, -0.1) is 0 Å². The van der Waals surface area contributed by atoms with Crippen molar-refractivity contribution in [3.05, 3.63) is 0 Å². The molecule has 0 aromatic rings. The van der Waals surface area contributed by atoms with E-state index in [0.717, 1.165) is 12.1 Å². The number of hydrogen-bond acceptors (Lipinski definition) is 3. The Morgan fingerprint density at radius 1 is 1.12 bits per heavy atom. The van der Waals surface area contributed by atoms with Crippen LogP contribution in [0.5, 0.6) is 0 Å². The molecule has 0 bridgehead atoms. The summed E-state index contributed by atoms with van der Waals surface area (Å²) >= 11 is 0. The number of likely N-dealkylation sites (N-methyl/N-ethyl adjacent to an activating group) is 1. The van der Waals surface area contributed by atoms with Gasteiger partial charge in [0, 0.05) is 38.3 Å². The lowest BCUT2D eigenvalue weighted by Crippen LogP contribution is -2.52. The summed E-state index contributed by atoms with van der Waals surface area (Å²) < 4.78 is 0. The third-order valence-electron chi connectivity index (χ3n) is 4.43. The third-order valence-corrected chi connectivity index (χ3v) is 4.43. The molecular formula is C13H27N3. The second kappa shape index (κ2) is 5.99. The van der Waals surface area contributed by atoms with Crippen molar-refractivity contribution in [3.8, 4) is 0 Å². The fraction of sp³-hybridized carbons (Fsp3) is 1.00. The van der Waals surface area contributed by atoms with Gasteiger partial charge in [0.15, 0.2) is 0 Å². The van der Waals surface area contributed by atoms with Crippen LogP contribution in [0.4, 0.5) is 0 Å². The van der Waals surface area contributed by atoms with Gasteiger partial charge in [-0.05, 0) is 32.9 Å². The van der Waals surface area contributed by atoms with E-state index in [-0.39, 0.29) is 0 Å². The molecule has 94 valence electrons. The van der Waals surface area contributed by atoms with Crippen molar-refractivity contribution in [2.45, 2.75) is 44.7 Å². The van der Waals surface area contributed by atoms with Crippen molar-refractivity contribution in [1.82, 2.24) is 15.1 Å².